The maximum atomic E-state index is 12.9. The minimum atomic E-state index is -0.752. The smallest absolute Gasteiger partial charge is 0.295 e. The van der Waals surface area contributed by atoms with Gasteiger partial charge in [-0.15, -0.1) is 0 Å². The number of rotatable bonds is 9. The van der Waals surface area contributed by atoms with Gasteiger partial charge in [0.1, 0.15) is 23.3 Å². The number of nitrogens with zero attached hydrogens (tertiary/aromatic N) is 1. The number of Topliss-reactive ketones (excluding diaryl/α,β-unsaturated/α-hetero) is 1. The number of likely N-dealkylation sites (tertiary alicyclic amines) is 1. The van der Waals surface area contributed by atoms with Gasteiger partial charge in [0.2, 0.25) is 0 Å². The average molecular weight is 413 g/mol. The number of hydrogen-bond acceptors (Lipinski definition) is 5. The fraction of sp³-hybridized carbons (Fsp3) is 0.391. The number of quaternary nitrogens is 1. The standard InChI is InChI=1S/C23H28N2O5/c1-4-24(5-2)12-8-13-25-20(18-11-7-14-30-18)19(22(27)23(25)28)21(26)16-9-6-10-17(15-16)29-3/h6-7,9-11,14-15,20,26H,4-5,8,12-13H2,1-3H3/p+1/t20-/m1/s1. The van der Waals surface area contributed by atoms with Crippen molar-refractivity contribution in [3.8, 4) is 5.75 Å². The molecule has 30 heavy (non-hydrogen) atoms. The van der Waals surface area contributed by atoms with Crippen LogP contribution in [0.25, 0.3) is 5.76 Å². The Bertz CT molecular complexity index is 915. The first-order chi connectivity index (χ1) is 14.5. The summed E-state index contributed by atoms with van der Waals surface area (Å²) in [6.07, 6.45) is 2.25. The van der Waals surface area contributed by atoms with Gasteiger partial charge in [0.05, 0.1) is 38.6 Å². The minimum absolute atomic E-state index is 0.0402. The van der Waals surface area contributed by atoms with Crippen molar-refractivity contribution in [2.45, 2.75) is 26.3 Å². The summed E-state index contributed by atoms with van der Waals surface area (Å²) in [4.78, 5) is 28.7. The van der Waals surface area contributed by atoms with Gasteiger partial charge < -0.3 is 24.1 Å². The van der Waals surface area contributed by atoms with Crippen molar-refractivity contribution in [2.24, 2.45) is 0 Å². The lowest BCUT2D eigenvalue weighted by Crippen LogP contribution is -3.11. The maximum Gasteiger partial charge on any atom is 0.295 e. The van der Waals surface area contributed by atoms with E-state index >= 15 is 0 Å². The van der Waals surface area contributed by atoms with Crippen LogP contribution < -0.4 is 9.64 Å². The van der Waals surface area contributed by atoms with E-state index in [1.165, 1.54) is 23.2 Å². The van der Waals surface area contributed by atoms with E-state index in [4.69, 9.17) is 9.15 Å². The molecule has 160 valence electrons. The summed E-state index contributed by atoms with van der Waals surface area (Å²) in [7, 11) is 1.53. The number of carbonyl (C=O) groups is 2. The molecule has 1 atom stereocenters. The molecule has 0 bridgehead atoms. The van der Waals surface area contributed by atoms with Crippen molar-refractivity contribution in [2.75, 3.05) is 33.3 Å². The van der Waals surface area contributed by atoms with Gasteiger partial charge in [-0.3, -0.25) is 9.59 Å². The zero-order valence-electron chi connectivity index (χ0n) is 17.7. The van der Waals surface area contributed by atoms with Crippen molar-refractivity contribution in [1.82, 2.24) is 4.90 Å². The number of aliphatic hydroxyl groups excluding tert-OH is 1. The molecule has 1 aromatic heterocycles. The van der Waals surface area contributed by atoms with Crippen molar-refractivity contribution in [1.29, 1.82) is 0 Å². The minimum Gasteiger partial charge on any atom is -0.507 e. The van der Waals surface area contributed by atoms with Gasteiger partial charge in [-0.1, -0.05) is 12.1 Å². The van der Waals surface area contributed by atoms with Crippen LogP contribution in [0.15, 0.2) is 52.7 Å². The number of ketones is 1. The summed E-state index contributed by atoms with van der Waals surface area (Å²) in [6, 6.07) is 9.45. The van der Waals surface area contributed by atoms with E-state index in [2.05, 4.69) is 13.8 Å². The van der Waals surface area contributed by atoms with Crippen LogP contribution >= 0.6 is 0 Å². The highest BCUT2D eigenvalue weighted by atomic mass is 16.5. The summed E-state index contributed by atoms with van der Waals surface area (Å²) in [6.45, 7) is 7.58. The lowest BCUT2D eigenvalue weighted by molar-refractivity contribution is -0.896. The predicted octanol–water partition coefficient (Wildman–Crippen LogP) is 2.02. The molecule has 2 N–H and O–H groups in total. The van der Waals surface area contributed by atoms with Crippen molar-refractivity contribution >= 4 is 17.4 Å². The molecule has 0 spiro atoms. The maximum absolute atomic E-state index is 12.9. The fourth-order valence-corrected chi connectivity index (χ4v) is 3.88. The zero-order chi connectivity index (χ0) is 21.7. The SMILES string of the molecule is CC[NH+](CC)CCCN1C(=O)C(=O)C(=C(O)c2cccc(OC)c2)[C@H]1c1ccco1. The Kier molecular flexibility index (Phi) is 6.95. The summed E-state index contributed by atoms with van der Waals surface area (Å²) in [5.41, 5.74) is 0.454. The Morgan fingerprint density at radius 1 is 1.20 bits per heavy atom. The van der Waals surface area contributed by atoms with E-state index in [0.29, 0.717) is 23.6 Å². The third-order valence-electron chi connectivity index (χ3n) is 5.63. The van der Waals surface area contributed by atoms with Crippen LogP contribution in [-0.2, 0) is 9.59 Å². The van der Waals surface area contributed by atoms with Gasteiger partial charge in [0.15, 0.2) is 0 Å². The second-order valence-electron chi connectivity index (χ2n) is 7.30. The molecular weight excluding hydrogens is 384 g/mol. The van der Waals surface area contributed by atoms with Gasteiger partial charge in [-0.2, -0.15) is 0 Å². The first-order valence-corrected chi connectivity index (χ1v) is 10.3. The third-order valence-corrected chi connectivity index (χ3v) is 5.63. The molecule has 2 heterocycles. The van der Waals surface area contributed by atoms with E-state index in [1.54, 1.807) is 36.4 Å². The monoisotopic (exact) mass is 413 g/mol. The number of nitrogens with one attached hydrogen (secondary N) is 1. The molecule has 3 rings (SSSR count). The van der Waals surface area contributed by atoms with Crippen LogP contribution in [0.4, 0.5) is 0 Å². The van der Waals surface area contributed by atoms with Crippen molar-refractivity contribution in [3.63, 3.8) is 0 Å². The average Bonchev–Trinajstić information content (AvgIpc) is 3.38. The van der Waals surface area contributed by atoms with Gasteiger partial charge in [-0.25, -0.2) is 0 Å². The highest BCUT2D eigenvalue weighted by Gasteiger charge is 2.47. The number of benzene rings is 1. The quantitative estimate of drug-likeness (QED) is 0.373. The first-order valence-electron chi connectivity index (χ1n) is 10.3. The molecule has 7 heteroatoms. The number of ether oxygens (including phenoxy) is 1. The lowest BCUT2D eigenvalue weighted by Gasteiger charge is -2.24. The molecule has 1 fully saturated rings. The zero-order valence-corrected chi connectivity index (χ0v) is 17.7. The number of hydrogen-bond donors (Lipinski definition) is 2. The number of furan rings is 1. The van der Waals surface area contributed by atoms with Gasteiger partial charge in [0.25, 0.3) is 11.7 Å². The van der Waals surface area contributed by atoms with Crippen LogP contribution in [0.1, 0.15) is 37.6 Å². The van der Waals surface area contributed by atoms with Crippen LogP contribution in [0.5, 0.6) is 5.75 Å². The first kappa shape index (κ1) is 21.6. The van der Waals surface area contributed by atoms with E-state index in [0.717, 1.165) is 26.1 Å². The Morgan fingerprint density at radius 2 is 1.97 bits per heavy atom. The molecule has 1 amide bonds. The topological polar surface area (TPSA) is 84.4 Å². The predicted molar refractivity (Wildman–Crippen MR) is 112 cm³/mol. The van der Waals surface area contributed by atoms with Gasteiger partial charge in [0, 0.05) is 18.5 Å². The number of amides is 1. The van der Waals surface area contributed by atoms with E-state index in [-0.39, 0.29) is 11.3 Å². The second kappa shape index (κ2) is 9.63. The molecule has 1 aliphatic heterocycles. The van der Waals surface area contributed by atoms with Crippen LogP contribution in [-0.4, -0.2) is 55.0 Å². The lowest BCUT2D eigenvalue weighted by atomic mass is 9.99. The Hall–Kier alpha value is -3.06. The Labute approximate surface area is 176 Å². The van der Waals surface area contributed by atoms with Gasteiger partial charge in [-0.05, 0) is 38.1 Å². The second-order valence-corrected chi connectivity index (χ2v) is 7.30. The molecule has 7 nitrogen and oxygen atoms in total. The molecule has 1 saturated heterocycles. The number of carbonyl (C=O) groups excluding carboxylic acids is 2. The number of methoxy groups -OCH3 is 1. The van der Waals surface area contributed by atoms with Crippen molar-refractivity contribution < 1.29 is 28.7 Å². The highest BCUT2D eigenvalue weighted by molar-refractivity contribution is 6.46. The molecule has 0 aliphatic carbocycles. The molecule has 0 radical (unpaired) electrons. The van der Waals surface area contributed by atoms with E-state index in [1.807, 2.05) is 0 Å². The molecule has 1 aliphatic rings. The van der Waals surface area contributed by atoms with Crippen LogP contribution in [0, 0.1) is 0 Å². The number of aliphatic hydroxyl groups is 1. The van der Waals surface area contributed by atoms with E-state index in [9.17, 15) is 14.7 Å². The van der Waals surface area contributed by atoms with Crippen LogP contribution in [0.2, 0.25) is 0 Å². The summed E-state index contributed by atoms with van der Waals surface area (Å²) >= 11 is 0. The van der Waals surface area contributed by atoms with Crippen LogP contribution in [0.3, 0.4) is 0 Å². The summed E-state index contributed by atoms with van der Waals surface area (Å²) < 4.78 is 10.8. The molecule has 2 aromatic rings. The van der Waals surface area contributed by atoms with E-state index < -0.39 is 17.7 Å². The molecule has 0 saturated carbocycles. The van der Waals surface area contributed by atoms with Crippen molar-refractivity contribution in [3.05, 3.63) is 59.6 Å². The Balaban J connectivity index is 1.97. The Morgan fingerprint density at radius 3 is 2.60 bits per heavy atom. The third kappa shape index (κ3) is 4.26. The largest absolute Gasteiger partial charge is 0.507 e. The molecule has 1 aromatic carbocycles. The molecular formula is C23H29N2O5+. The normalized spacial score (nSPS) is 18.4. The highest BCUT2D eigenvalue weighted by Crippen LogP contribution is 2.39. The van der Waals surface area contributed by atoms with Gasteiger partial charge >= 0.3 is 0 Å². The summed E-state index contributed by atoms with van der Waals surface area (Å²) in [5.74, 6) is -0.549. The summed E-state index contributed by atoms with van der Waals surface area (Å²) in [5, 5.41) is 11.0. The fourth-order valence-electron chi connectivity index (χ4n) is 3.88. The molecule has 0 unspecified atom stereocenters.